The third kappa shape index (κ3) is 3.22. The maximum absolute atomic E-state index is 13.7. The normalized spacial score (nSPS) is 32.2. The van der Waals surface area contributed by atoms with Crippen LogP contribution in [0.2, 0.25) is 5.02 Å². The standard InChI is InChI=1S/C19H23ClF2/c1-2-3-12-4-5-14-9-15(7-6-13(14)8-12)16-10-17(21)19(20)18(22)11-16/h2-3,10-15H,4-9H2,1H3/b3-2+. The second kappa shape index (κ2) is 6.70. The molecular formula is C19H23ClF2. The van der Waals surface area contributed by atoms with E-state index < -0.39 is 11.6 Å². The highest BCUT2D eigenvalue weighted by atomic mass is 35.5. The van der Waals surface area contributed by atoms with Crippen molar-refractivity contribution in [2.75, 3.05) is 0 Å². The van der Waals surface area contributed by atoms with Crippen molar-refractivity contribution in [2.24, 2.45) is 17.8 Å². The molecule has 2 aliphatic rings. The van der Waals surface area contributed by atoms with E-state index in [0.717, 1.165) is 30.2 Å². The Kier molecular flexibility index (Phi) is 4.87. The molecule has 1 aromatic carbocycles. The van der Waals surface area contributed by atoms with Crippen molar-refractivity contribution in [3.8, 4) is 0 Å². The van der Waals surface area contributed by atoms with Crippen molar-refractivity contribution in [1.29, 1.82) is 0 Å². The van der Waals surface area contributed by atoms with Crippen LogP contribution in [-0.4, -0.2) is 0 Å². The first-order valence-electron chi connectivity index (χ1n) is 8.35. The minimum Gasteiger partial charge on any atom is -0.205 e. The molecular weight excluding hydrogens is 302 g/mol. The van der Waals surface area contributed by atoms with Gasteiger partial charge in [-0.3, -0.25) is 0 Å². The van der Waals surface area contributed by atoms with Gasteiger partial charge in [-0.15, -0.1) is 0 Å². The Labute approximate surface area is 136 Å². The summed E-state index contributed by atoms with van der Waals surface area (Å²) in [5, 5.41) is -0.385. The summed E-state index contributed by atoms with van der Waals surface area (Å²) in [4.78, 5) is 0. The van der Waals surface area contributed by atoms with Gasteiger partial charge >= 0.3 is 0 Å². The van der Waals surface area contributed by atoms with Gasteiger partial charge in [0.1, 0.15) is 16.7 Å². The molecule has 2 aliphatic carbocycles. The molecule has 3 rings (SSSR count). The highest BCUT2D eigenvalue weighted by Crippen LogP contribution is 2.48. The summed E-state index contributed by atoms with van der Waals surface area (Å²) in [6.45, 7) is 2.09. The number of hydrogen-bond donors (Lipinski definition) is 0. The topological polar surface area (TPSA) is 0 Å². The fraction of sp³-hybridized carbons (Fsp3) is 0.579. The fourth-order valence-electron chi connectivity index (χ4n) is 4.49. The predicted molar refractivity (Wildman–Crippen MR) is 87.1 cm³/mol. The zero-order chi connectivity index (χ0) is 15.7. The third-order valence-electron chi connectivity index (χ3n) is 5.60. The molecule has 0 bridgehead atoms. The lowest BCUT2D eigenvalue weighted by atomic mass is 9.64. The molecule has 0 radical (unpaired) electrons. The molecule has 22 heavy (non-hydrogen) atoms. The molecule has 1 aromatic rings. The highest BCUT2D eigenvalue weighted by Gasteiger charge is 2.35. The van der Waals surface area contributed by atoms with Crippen molar-refractivity contribution in [3.05, 3.63) is 46.5 Å². The summed E-state index contributed by atoms with van der Waals surface area (Å²) in [5.41, 5.74) is 0.786. The molecule has 0 nitrogen and oxygen atoms in total. The van der Waals surface area contributed by atoms with Gasteiger partial charge in [-0.25, -0.2) is 8.78 Å². The van der Waals surface area contributed by atoms with E-state index in [0.29, 0.717) is 5.92 Å². The largest absolute Gasteiger partial charge is 0.205 e. The Balaban J connectivity index is 1.70. The maximum Gasteiger partial charge on any atom is 0.145 e. The summed E-state index contributed by atoms with van der Waals surface area (Å²) in [5.74, 6) is 1.25. The van der Waals surface area contributed by atoms with Gasteiger partial charge in [0.25, 0.3) is 0 Å². The molecule has 4 atom stereocenters. The zero-order valence-electron chi connectivity index (χ0n) is 13.0. The number of allylic oxidation sites excluding steroid dienone is 2. The Hall–Kier alpha value is -0.890. The number of fused-ring (bicyclic) bond motifs is 1. The molecule has 0 N–H and O–H groups in total. The summed E-state index contributed by atoms with van der Waals surface area (Å²) < 4.78 is 27.4. The molecule has 2 saturated carbocycles. The Bertz CT molecular complexity index is 544. The van der Waals surface area contributed by atoms with Gasteiger partial charge in [0, 0.05) is 0 Å². The van der Waals surface area contributed by atoms with E-state index in [2.05, 4.69) is 19.1 Å². The first kappa shape index (κ1) is 16.0. The van der Waals surface area contributed by atoms with Crippen molar-refractivity contribution >= 4 is 11.6 Å². The molecule has 0 heterocycles. The molecule has 0 saturated heterocycles. The van der Waals surface area contributed by atoms with Gasteiger partial charge in [-0.05, 0) is 86.8 Å². The van der Waals surface area contributed by atoms with Gasteiger partial charge in [-0.1, -0.05) is 23.8 Å². The summed E-state index contributed by atoms with van der Waals surface area (Å²) >= 11 is 5.59. The van der Waals surface area contributed by atoms with E-state index in [9.17, 15) is 8.78 Å². The van der Waals surface area contributed by atoms with Crippen LogP contribution in [0, 0.1) is 29.4 Å². The molecule has 0 aliphatic heterocycles. The number of rotatable bonds is 2. The van der Waals surface area contributed by atoms with Gasteiger partial charge < -0.3 is 0 Å². The van der Waals surface area contributed by atoms with Gasteiger partial charge in [0.2, 0.25) is 0 Å². The maximum atomic E-state index is 13.7. The van der Waals surface area contributed by atoms with E-state index in [4.69, 9.17) is 11.6 Å². The second-order valence-corrected chi connectivity index (χ2v) is 7.31. The summed E-state index contributed by atoms with van der Waals surface area (Å²) in [6.07, 6.45) is 11.6. The van der Waals surface area contributed by atoms with Gasteiger partial charge in [0.15, 0.2) is 0 Å². The van der Waals surface area contributed by atoms with Crippen LogP contribution in [-0.2, 0) is 0 Å². The van der Waals surface area contributed by atoms with E-state index in [1.807, 2.05) is 0 Å². The molecule has 0 spiro atoms. The zero-order valence-corrected chi connectivity index (χ0v) is 13.8. The number of halogens is 3. The predicted octanol–water partition coefficient (Wildman–Crippen LogP) is 6.49. The molecule has 2 fully saturated rings. The van der Waals surface area contributed by atoms with E-state index >= 15 is 0 Å². The average Bonchev–Trinajstić information content (AvgIpc) is 2.52. The van der Waals surface area contributed by atoms with E-state index in [1.165, 1.54) is 37.8 Å². The van der Waals surface area contributed by atoms with Crippen molar-refractivity contribution in [2.45, 2.75) is 51.4 Å². The molecule has 120 valence electrons. The van der Waals surface area contributed by atoms with E-state index in [1.54, 1.807) is 0 Å². The highest BCUT2D eigenvalue weighted by molar-refractivity contribution is 6.30. The van der Waals surface area contributed by atoms with Crippen molar-refractivity contribution in [1.82, 2.24) is 0 Å². The lowest BCUT2D eigenvalue weighted by Crippen LogP contribution is -2.30. The van der Waals surface area contributed by atoms with Crippen LogP contribution < -0.4 is 0 Å². The minimum atomic E-state index is -0.629. The summed E-state index contributed by atoms with van der Waals surface area (Å²) in [7, 11) is 0. The fourth-order valence-corrected chi connectivity index (χ4v) is 4.60. The molecule has 3 heteroatoms. The Morgan fingerprint density at radius 3 is 2.32 bits per heavy atom. The summed E-state index contributed by atoms with van der Waals surface area (Å²) in [6, 6.07) is 2.86. The van der Waals surface area contributed by atoms with Crippen molar-refractivity contribution in [3.63, 3.8) is 0 Å². The Morgan fingerprint density at radius 2 is 1.64 bits per heavy atom. The monoisotopic (exact) mass is 324 g/mol. The minimum absolute atomic E-state index is 0.279. The first-order chi connectivity index (χ1) is 10.6. The first-order valence-corrected chi connectivity index (χ1v) is 8.73. The van der Waals surface area contributed by atoms with Crippen LogP contribution >= 0.6 is 11.6 Å². The second-order valence-electron chi connectivity index (χ2n) is 6.93. The number of benzene rings is 1. The van der Waals surface area contributed by atoms with E-state index in [-0.39, 0.29) is 10.9 Å². The molecule has 0 amide bonds. The van der Waals surface area contributed by atoms with Crippen molar-refractivity contribution < 1.29 is 8.78 Å². The van der Waals surface area contributed by atoms with Gasteiger partial charge in [-0.2, -0.15) is 0 Å². The smallest absolute Gasteiger partial charge is 0.145 e. The van der Waals surface area contributed by atoms with Crippen LogP contribution in [0.4, 0.5) is 8.78 Å². The van der Waals surface area contributed by atoms with Crippen LogP contribution in [0.3, 0.4) is 0 Å². The number of hydrogen-bond acceptors (Lipinski definition) is 0. The van der Waals surface area contributed by atoms with Crippen LogP contribution in [0.15, 0.2) is 24.3 Å². The average molecular weight is 325 g/mol. The van der Waals surface area contributed by atoms with Crippen LogP contribution in [0.5, 0.6) is 0 Å². The van der Waals surface area contributed by atoms with Gasteiger partial charge in [0.05, 0.1) is 0 Å². The van der Waals surface area contributed by atoms with Crippen LogP contribution in [0.25, 0.3) is 0 Å². The molecule has 0 aromatic heterocycles. The SMILES string of the molecule is C/C=C/C1CCC2CC(c3cc(F)c(Cl)c(F)c3)CCC2C1. The van der Waals surface area contributed by atoms with Crippen LogP contribution in [0.1, 0.15) is 56.9 Å². The quantitative estimate of drug-likeness (QED) is 0.430. The Morgan fingerprint density at radius 1 is 1.00 bits per heavy atom. The lowest BCUT2D eigenvalue weighted by Gasteiger charge is -2.41. The molecule has 4 unspecified atom stereocenters. The lowest BCUT2D eigenvalue weighted by molar-refractivity contribution is 0.133. The third-order valence-corrected chi connectivity index (χ3v) is 5.96.